The molecule has 2 atom stereocenters. The number of nitrogens with one attached hydrogen (secondary N) is 1. The van der Waals surface area contributed by atoms with Crippen LogP contribution in [0.2, 0.25) is 0 Å². The Bertz CT molecular complexity index is 166. The fourth-order valence-electron chi connectivity index (χ4n) is 1.33. The van der Waals surface area contributed by atoms with Crippen LogP contribution in [0.4, 0.5) is 0 Å². The second kappa shape index (κ2) is 3.67. The van der Waals surface area contributed by atoms with Crippen molar-refractivity contribution in [2.45, 2.75) is 12.1 Å². The zero-order valence-corrected chi connectivity index (χ0v) is 6.62. The van der Waals surface area contributed by atoms with E-state index in [0.29, 0.717) is 13.1 Å². The second-order valence-electron chi connectivity index (χ2n) is 2.87. The predicted octanol–water partition coefficient (Wildman–Crippen LogP) is -1.23. The topological polar surface area (TPSA) is 59.3 Å². The number of rotatable bonds is 2. The van der Waals surface area contributed by atoms with Crippen LogP contribution >= 0.6 is 0 Å². The summed E-state index contributed by atoms with van der Waals surface area (Å²) in [5, 5.41) is 20.8. The van der Waals surface area contributed by atoms with Crippen LogP contribution in [0.15, 0.2) is 0 Å². The van der Waals surface area contributed by atoms with Gasteiger partial charge in [0.2, 0.25) is 0 Å². The van der Waals surface area contributed by atoms with E-state index in [9.17, 15) is 5.11 Å². The van der Waals surface area contributed by atoms with Crippen molar-refractivity contribution in [1.82, 2.24) is 10.2 Å². The molecule has 0 unspecified atom stereocenters. The first kappa shape index (κ1) is 8.47. The molecule has 1 rings (SSSR count). The first-order chi connectivity index (χ1) is 5.25. The molecular weight excluding hydrogens is 142 g/mol. The van der Waals surface area contributed by atoms with Crippen molar-refractivity contribution in [2.24, 2.45) is 0 Å². The lowest BCUT2D eigenvalue weighted by atomic mass is 10.2. The molecule has 2 N–H and O–H groups in total. The van der Waals surface area contributed by atoms with Crippen LogP contribution in [0, 0.1) is 11.3 Å². The zero-order valence-electron chi connectivity index (χ0n) is 6.62. The molecule has 0 radical (unpaired) electrons. The molecule has 0 amide bonds. The monoisotopic (exact) mass is 155 g/mol. The van der Waals surface area contributed by atoms with E-state index in [2.05, 4.69) is 11.4 Å². The van der Waals surface area contributed by atoms with Crippen LogP contribution in [-0.2, 0) is 0 Å². The lowest BCUT2D eigenvalue weighted by Crippen LogP contribution is -2.40. The Morgan fingerprint density at radius 2 is 2.45 bits per heavy atom. The third kappa shape index (κ3) is 1.90. The molecule has 1 heterocycles. The molecular formula is C7H13N3O. The van der Waals surface area contributed by atoms with Gasteiger partial charge in [-0.15, -0.1) is 0 Å². The van der Waals surface area contributed by atoms with Crippen molar-refractivity contribution >= 4 is 0 Å². The molecule has 1 saturated heterocycles. The van der Waals surface area contributed by atoms with Gasteiger partial charge in [-0.05, 0) is 7.05 Å². The van der Waals surface area contributed by atoms with E-state index in [1.54, 1.807) is 0 Å². The Morgan fingerprint density at radius 1 is 1.73 bits per heavy atom. The zero-order chi connectivity index (χ0) is 8.27. The highest BCUT2D eigenvalue weighted by Crippen LogP contribution is 2.05. The van der Waals surface area contributed by atoms with Crippen LogP contribution < -0.4 is 5.32 Å². The summed E-state index contributed by atoms with van der Waals surface area (Å²) < 4.78 is 0. The third-order valence-electron chi connectivity index (χ3n) is 2.04. The highest BCUT2D eigenvalue weighted by atomic mass is 16.3. The van der Waals surface area contributed by atoms with Gasteiger partial charge >= 0.3 is 0 Å². The van der Waals surface area contributed by atoms with Gasteiger partial charge in [0.25, 0.3) is 0 Å². The molecule has 4 heteroatoms. The van der Waals surface area contributed by atoms with E-state index in [-0.39, 0.29) is 12.1 Å². The quantitative estimate of drug-likeness (QED) is 0.490. The summed E-state index contributed by atoms with van der Waals surface area (Å²) in [5.74, 6) is 0. The molecule has 1 aliphatic rings. The minimum absolute atomic E-state index is 0.106. The number of hydrogen-bond acceptors (Lipinski definition) is 4. The normalized spacial score (nSPS) is 30.7. The molecule has 0 saturated carbocycles. The van der Waals surface area contributed by atoms with Crippen LogP contribution in [-0.4, -0.2) is 48.8 Å². The first-order valence-corrected chi connectivity index (χ1v) is 3.71. The SMILES string of the molecule is CN(CC#N)[C@@H]1CNC[C@H]1O. The van der Waals surface area contributed by atoms with Gasteiger partial charge in [0.05, 0.1) is 18.7 Å². The number of hydrogen-bond donors (Lipinski definition) is 2. The summed E-state index contributed by atoms with van der Waals surface area (Å²) in [6.07, 6.45) is -0.326. The predicted molar refractivity (Wildman–Crippen MR) is 40.9 cm³/mol. The maximum Gasteiger partial charge on any atom is 0.0867 e. The molecule has 0 aromatic carbocycles. The van der Waals surface area contributed by atoms with Gasteiger partial charge in [0.15, 0.2) is 0 Å². The van der Waals surface area contributed by atoms with Gasteiger partial charge < -0.3 is 10.4 Å². The molecule has 1 aliphatic heterocycles. The molecule has 1 fully saturated rings. The standard InChI is InChI=1S/C7H13N3O/c1-10(3-2-8)6-4-9-5-7(6)11/h6-7,9,11H,3-5H2,1H3/t6-,7-/m1/s1. The lowest BCUT2D eigenvalue weighted by molar-refractivity contribution is 0.107. The lowest BCUT2D eigenvalue weighted by Gasteiger charge is -2.22. The highest BCUT2D eigenvalue weighted by Gasteiger charge is 2.27. The van der Waals surface area contributed by atoms with Gasteiger partial charge in [-0.1, -0.05) is 0 Å². The molecule has 11 heavy (non-hydrogen) atoms. The van der Waals surface area contributed by atoms with E-state index in [4.69, 9.17) is 5.26 Å². The van der Waals surface area contributed by atoms with Crippen molar-refractivity contribution in [3.8, 4) is 6.07 Å². The van der Waals surface area contributed by atoms with Crippen LogP contribution in [0.25, 0.3) is 0 Å². The highest BCUT2D eigenvalue weighted by molar-refractivity contribution is 4.90. The minimum atomic E-state index is -0.326. The van der Waals surface area contributed by atoms with Gasteiger partial charge in [0.1, 0.15) is 0 Å². The van der Waals surface area contributed by atoms with Crippen molar-refractivity contribution in [3.63, 3.8) is 0 Å². The number of likely N-dealkylation sites (N-methyl/N-ethyl adjacent to an activating group) is 1. The van der Waals surface area contributed by atoms with E-state index < -0.39 is 0 Å². The molecule has 0 spiro atoms. The molecule has 0 bridgehead atoms. The van der Waals surface area contributed by atoms with Gasteiger partial charge in [-0.3, -0.25) is 4.90 Å². The fraction of sp³-hybridized carbons (Fsp3) is 0.857. The molecule has 4 nitrogen and oxygen atoms in total. The van der Waals surface area contributed by atoms with Crippen molar-refractivity contribution < 1.29 is 5.11 Å². The molecule has 0 aromatic rings. The van der Waals surface area contributed by atoms with E-state index in [0.717, 1.165) is 6.54 Å². The number of aliphatic hydroxyl groups is 1. The summed E-state index contributed by atoms with van der Waals surface area (Å²) in [5.41, 5.74) is 0. The average molecular weight is 155 g/mol. The van der Waals surface area contributed by atoms with Crippen LogP contribution in [0.1, 0.15) is 0 Å². The van der Waals surface area contributed by atoms with Crippen molar-refractivity contribution in [3.05, 3.63) is 0 Å². The Labute approximate surface area is 66.4 Å². The number of nitriles is 1. The maximum atomic E-state index is 9.37. The van der Waals surface area contributed by atoms with Crippen molar-refractivity contribution in [1.29, 1.82) is 5.26 Å². The first-order valence-electron chi connectivity index (χ1n) is 3.71. The number of aliphatic hydroxyl groups excluding tert-OH is 1. The fourth-order valence-corrected chi connectivity index (χ4v) is 1.33. The Hall–Kier alpha value is -0.630. The molecule has 0 aliphatic carbocycles. The minimum Gasteiger partial charge on any atom is -0.390 e. The van der Waals surface area contributed by atoms with Gasteiger partial charge in [0, 0.05) is 19.1 Å². The maximum absolute atomic E-state index is 9.37. The Morgan fingerprint density at radius 3 is 2.91 bits per heavy atom. The average Bonchev–Trinajstić information content (AvgIpc) is 2.36. The summed E-state index contributed by atoms with van der Waals surface area (Å²) in [6.45, 7) is 1.79. The summed E-state index contributed by atoms with van der Waals surface area (Å²) >= 11 is 0. The molecule has 0 aromatic heterocycles. The van der Waals surface area contributed by atoms with Gasteiger partial charge in [-0.2, -0.15) is 5.26 Å². The Balaban J connectivity index is 2.40. The third-order valence-corrected chi connectivity index (χ3v) is 2.04. The summed E-state index contributed by atoms with van der Waals surface area (Å²) in [4.78, 5) is 1.87. The van der Waals surface area contributed by atoms with E-state index in [1.165, 1.54) is 0 Å². The summed E-state index contributed by atoms with van der Waals surface area (Å²) in [7, 11) is 1.85. The van der Waals surface area contributed by atoms with Crippen molar-refractivity contribution in [2.75, 3.05) is 26.7 Å². The van der Waals surface area contributed by atoms with E-state index >= 15 is 0 Å². The largest absolute Gasteiger partial charge is 0.390 e. The van der Waals surface area contributed by atoms with Crippen LogP contribution in [0.3, 0.4) is 0 Å². The van der Waals surface area contributed by atoms with E-state index in [1.807, 2.05) is 11.9 Å². The van der Waals surface area contributed by atoms with Gasteiger partial charge in [-0.25, -0.2) is 0 Å². The molecule has 62 valence electrons. The second-order valence-corrected chi connectivity index (χ2v) is 2.87. The number of nitrogens with zero attached hydrogens (tertiary/aromatic N) is 2. The smallest absolute Gasteiger partial charge is 0.0867 e. The number of β-amino-alcohol motifs (C(OH)–C–C–N with tert-alkyl or cyclic N) is 1. The van der Waals surface area contributed by atoms with Crippen LogP contribution in [0.5, 0.6) is 0 Å². The Kier molecular flexibility index (Phi) is 2.83. The summed E-state index contributed by atoms with van der Waals surface area (Å²) in [6, 6.07) is 2.16.